The van der Waals surface area contributed by atoms with Gasteiger partial charge in [-0.3, -0.25) is 4.90 Å². The minimum absolute atomic E-state index is 0.233. The maximum absolute atomic E-state index is 11.4. The van der Waals surface area contributed by atoms with E-state index in [2.05, 4.69) is 35.4 Å². The number of halogens is 1. The number of hydrogen-bond acceptors (Lipinski definition) is 4. The van der Waals surface area contributed by atoms with E-state index in [9.17, 15) is 8.42 Å². The summed E-state index contributed by atoms with van der Waals surface area (Å²) in [5.41, 5.74) is 0. The Balaban J connectivity index is 2.55. The second kappa shape index (κ2) is 7.05. The quantitative estimate of drug-likeness (QED) is 0.720. The van der Waals surface area contributed by atoms with Crippen LogP contribution in [0.15, 0.2) is 0 Å². The molecule has 0 aliphatic carbocycles. The predicted octanol–water partition coefficient (Wildman–Crippen LogP) is 0.374. The Kier molecular flexibility index (Phi) is 6.34. The fourth-order valence-electron chi connectivity index (χ4n) is 2.19. The van der Waals surface area contributed by atoms with Crippen molar-refractivity contribution in [2.75, 3.05) is 45.0 Å². The molecule has 0 saturated carbocycles. The number of piperazine rings is 1. The van der Waals surface area contributed by atoms with Crippen molar-refractivity contribution in [3.8, 4) is 0 Å². The summed E-state index contributed by atoms with van der Waals surface area (Å²) >= 11 is 5.39. The van der Waals surface area contributed by atoms with Crippen LogP contribution in [0.4, 0.5) is 0 Å². The van der Waals surface area contributed by atoms with Crippen molar-refractivity contribution in [1.29, 1.82) is 0 Å². The fraction of sp³-hybridized carbons (Fsp3) is 1.00. The van der Waals surface area contributed by atoms with E-state index in [-0.39, 0.29) is 11.3 Å². The minimum Gasteiger partial charge on any atom is -0.304 e. The van der Waals surface area contributed by atoms with Crippen molar-refractivity contribution in [2.24, 2.45) is 5.92 Å². The number of nitrogens with one attached hydrogen (secondary N) is 1. The highest BCUT2D eigenvalue weighted by Crippen LogP contribution is 2.13. The molecule has 0 aromatic heterocycles. The molecule has 1 aliphatic heterocycles. The lowest BCUT2D eigenvalue weighted by molar-refractivity contribution is 0.0905. The molecule has 1 heterocycles. The molecule has 0 aromatic rings. The molecule has 1 rings (SSSR count). The second-order valence-electron chi connectivity index (χ2n) is 5.22. The Bertz CT molecular complexity index is 340. The van der Waals surface area contributed by atoms with Gasteiger partial charge in [0.2, 0.25) is 10.0 Å². The van der Waals surface area contributed by atoms with Crippen LogP contribution in [0.25, 0.3) is 0 Å². The Labute approximate surface area is 116 Å². The minimum atomic E-state index is -3.32. The number of rotatable bonds is 6. The molecular formula is C11H24ClN3O2S. The van der Waals surface area contributed by atoms with Crippen molar-refractivity contribution in [3.63, 3.8) is 0 Å². The molecule has 7 heteroatoms. The fourth-order valence-corrected chi connectivity index (χ4v) is 2.92. The van der Waals surface area contributed by atoms with Gasteiger partial charge in [-0.15, -0.1) is 11.6 Å². The summed E-state index contributed by atoms with van der Waals surface area (Å²) in [6.45, 7) is 8.73. The Morgan fingerprint density at radius 1 is 1.22 bits per heavy atom. The van der Waals surface area contributed by atoms with Crippen molar-refractivity contribution in [3.05, 3.63) is 0 Å². The first-order chi connectivity index (χ1) is 8.35. The highest BCUT2D eigenvalue weighted by molar-refractivity contribution is 7.90. The monoisotopic (exact) mass is 297 g/mol. The summed E-state index contributed by atoms with van der Waals surface area (Å²) in [5, 5.41) is -0.374. The van der Waals surface area contributed by atoms with Gasteiger partial charge in [-0.2, -0.15) is 0 Å². The SMILES string of the molecule is CC(C)C(CNS(=O)(=O)CCl)N1CCN(C)CC1. The highest BCUT2D eigenvalue weighted by atomic mass is 35.5. The van der Waals surface area contributed by atoms with E-state index in [1.807, 2.05) is 0 Å². The lowest BCUT2D eigenvalue weighted by Crippen LogP contribution is -2.54. The smallest absolute Gasteiger partial charge is 0.225 e. The summed E-state index contributed by atoms with van der Waals surface area (Å²) in [4.78, 5) is 4.65. The molecule has 108 valence electrons. The Hall–Kier alpha value is 0.120. The summed E-state index contributed by atoms with van der Waals surface area (Å²) in [5.74, 6) is 0.409. The molecule has 0 aromatic carbocycles. The Morgan fingerprint density at radius 2 is 1.78 bits per heavy atom. The molecule has 0 amide bonds. The summed E-state index contributed by atoms with van der Waals surface area (Å²) < 4.78 is 25.4. The van der Waals surface area contributed by atoms with E-state index in [0.717, 1.165) is 26.2 Å². The van der Waals surface area contributed by atoms with Crippen LogP contribution in [0.2, 0.25) is 0 Å². The maximum Gasteiger partial charge on any atom is 0.225 e. The second-order valence-corrected chi connectivity index (χ2v) is 7.61. The molecule has 1 atom stereocenters. The van der Waals surface area contributed by atoms with Gasteiger partial charge >= 0.3 is 0 Å². The molecular weight excluding hydrogens is 274 g/mol. The van der Waals surface area contributed by atoms with Crippen LogP contribution >= 0.6 is 11.6 Å². The van der Waals surface area contributed by atoms with Crippen molar-refractivity contribution in [1.82, 2.24) is 14.5 Å². The first-order valence-electron chi connectivity index (χ1n) is 6.31. The van der Waals surface area contributed by atoms with Crippen LogP contribution in [-0.2, 0) is 10.0 Å². The standard InChI is InChI=1S/C11H24ClN3O2S/c1-10(2)11(8-13-18(16,17)9-12)15-6-4-14(3)5-7-15/h10-11,13H,4-9H2,1-3H3. The van der Waals surface area contributed by atoms with Gasteiger partial charge in [0.25, 0.3) is 0 Å². The van der Waals surface area contributed by atoms with Crippen LogP contribution in [0.5, 0.6) is 0 Å². The number of nitrogens with zero attached hydrogens (tertiary/aromatic N) is 2. The zero-order valence-electron chi connectivity index (χ0n) is 11.4. The zero-order chi connectivity index (χ0) is 13.8. The first kappa shape index (κ1) is 16.2. The van der Waals surface area contributed by atoms with E-state index >= 15 is 0 Å². The van der Waals surface area contributed by atoms with Gasteiger partial charge in [0.05, 0.1) is 0 Å². The third-order valence-electron chi connectivity index (χ3n) is 3.43. The maximum atomic E-state index is 11.4. The molecule has 18 heavy (non-hydrogen) atoms. The third kappa shape index (κ3) is 5.01. The van der Waals surface area contributed by atoms with Gasteiger partial charge in [0, 0.05) is 38.8 Å². The lowest BCUT2D eigenvalue weighted by Gasteiger charge is -2.39. The van der Waals surface area contributed by atoms with Crippen LogP contribution < -0.4 is 4.72 Å². The van der Waals surface area contributed by atoms with Gasteiger partial charge in [-0.25, -0.2) is 13.1 Å². The predicted molar refractivity (Wildman–Crippen MR) is 75.3 cm³/mol. The lowest BCUT2D eigenvalue weighted by atomic mass is 10.0. The number of hydrogen-bond donors (Lipinski definition) is 1. The van der Waals surface area contributed by atoms with E-state index in [0.29, 0.717) is 12.5 Å². The average Bonchev–Trinajstić information content (AvgIpc) is 2.31. The number of alkyl halides is 1. The molecule has 1 aliphatic rings. The zero-order valence-corrected chi connectivity index (χ0v) is 13.0. The molecule has 0 radical (unpaired) electrons. The van der Waals surface area contributed by atoms with Gasteiger partial charge < -0.3 is 4.90 Å². The highest BCUT2D eigenvalue weighted by Gasteiger charge is 2.25. The van der Waals surface area contributed by atoms with Gasteiger partial charge in [0.15, 0.2) is 0 Å². The van der Waals surface area contributed by atoms with E-state index in [4.69, 9.17) is 11.6 Å². The molecule has 5 nitrogen and oxygen atoms in total. The van der Waals surface area contributed by atoms with Gasteiger partial charge in [0.1, 0.15) is 5.21 Å². The van der Waals surface area contributed by atoms with E-state index in [1.54, 1.807) is 0 Å². The van der Waals surface area contributed by atoms with E-state index in [1.165, 1.54) is 0 Å². The van der Waals surface area contributed by atoms with Crippen LogP contribution in [0, 0.1) is 5.92 Å². The molecule has 1 N–H and O–H groups in total. The molecule has 1 saturated heterocycles. The van der Waals surface area contributed by atoms with Crippen LogP contribution in [-0.4, -0.2) is 69.2 Å². The average molecular weight is 298 g/mol. The third-order valence-corrected chi connectivity index (χ3v) is 5.19. The Morgan fingerprint density at radius 3 is 2.22 bits per heavy atom. The number of likely N-dealkylation sites (N-methyl/N-ethyl adjacent to an activating group) is 1. The number of sulfonamides is 1. The summed E-state index contributed by atoms with van der Waals surface area (Å²) in [7, 11) is -1.21. The molecule has 0 spiro atoms. The van der Waals surface area contributed by atoms with Crippen LogP contribution in [0.1, 0.15) is 13.8 Å². The van der Waals surface area contributed by atoms with Crippen molar-refractivity contribution >= 4 is 21.6 Å². The molecule has 0 bridgehead atoms. The van der Waals surface area contributed by atoms with Gasteiger partial charge in [-0.05, 0) is 13.0 Å². The molecule has 1 unspecified atom stereocenters. The van der Waals surface area contributed by atoms with Gasteiger partial charge in [-0.1, -0.05) is 13.8 Å². The normalized spacial score (nSPS) is 21.4. The van der Waals surface area contributed by atoms with E-state index < -0.39 is 10.0 Å². The van der Waals surface area contributed by atoms with Crippen molar-refractivity contribution in [2.45, 2.75) is 19.9 Å². The van der Waals surface area contributed by atoms with Crippen molar-refractivity contribution < 1.29 is 8.42 Å². The first-order valence-corrected chi connectivity index (χ1v) is 8.50. The summed E-state index contributed by atoms with van der Waals surface area (Å²) in [6, 6.07) is 0.233. The summed E-state index contributed by atoms with van der Waals surface area (Å²) in [6.07, 6.45) is 0. The topological polar surface area (TPSA) is 52.7 Å². The largest absolute Gasteiger partial charge is 0.304 e. The van der Waals surface area contributed by atoms with Crippen LogP contribution in [0.3, 0.4) is 0 Å². The molecule has 1 fully saturated rings.